The SMILES string of the molecule is CN=C(NCC1(CCOC)CCC1)NCC1(Cc2ccccc2)CC1.I. The van der Waals surface area contributed by atoms with Gasteiger partial charge in [0.25, 0.3) is 0 Å². The van der Waals surface area contributed by atoms with Gasteiger partial charge < -0.3 is 15.4 Å². The Labute approximate surface area is 175 Å². The lowest BCUT2D eigenvalue weighted by Crippen LogP contribution is -2.48. The summed E-state index contributed by atoms with van der Waals surface area (Å²) in [5, 5.41) is 7.15. The van der Waals surface area contributed by atoms with E-state index >= 15 is 0 Å². The molecule has 2 aliphatic rings. The van der Waals surface area contributed by atoms with E-state index in [1.807, 2.05) is 7.05 Å². The van der Waals surface area contributed by atoms with E-state index in [4.69, 9.17) is 4.74 Å². The summed E-state index contributed by atoms with van der Waals surface area (Å²) in [7, 11) is 3.66. The van der Waals surface area contributed by atoms with E-state index in [9.17, 15) is 0 Å². The molecular formula is C21H34IN3O. The molecule has 0 aliphatic heterocycles. The van der Waals surface area contributed by atoms with Gasteiger partial charge in [-0.3, -0.25) is 4.99 Å². The number of hydrogen-bond acceptors (Lipinski definition) is 2. The lowest BCUT2D eigenvalue weighted by molar-refractivity contribution is 0.0732. The van der Waals surface area contributed by atoms with Crippen LogP contribution in [0.4, 0.5) is 0 Å². The van der Waals surface area contributed by atoms with Gasteiger partial charge >= 0.3 is 0 Å². The van der Waals surface area contributed by atoms with E-state index in [2.05, 4.69) is 46.0 Å². The molecule has 4 nitrogen and oxygen atoms in total. The molecular weight excluding hydrogens is 437 g/mol. The van der Waals surface area contributed by atoms with E-state index in [1.165, 1.54) is 37.7 Å². The van der Waals surface area contributed by atoms with Crippen molar-refractivity contribution in [1.82, 2.24) is 10.6 Å². The van der Waals surface area contributed by atoms with Crippen molar-refractivity contribution in [1.29, 1.82) is 0 Å². The maximum absolute atomic E-state index is 5.29. The minimum atomic E-state index is 0. The van der Waals surface area contributed by atoms with Crippen molar-refractivity contribution in [3.05, 3.63) is 35.9 Å². The summed E-state index contributed by atoms with van der Waals surface area (Å²) in [4.78, 5) is 4.43. The molecule has 0 radical (unpaired) electrons. The van der Waals surface area contributed by atoms with Crippen LogP contribution in [0.1, 0.15) is 44.1 Å². The lowest BCUT2D eigenvalue weighted by atomic mass is 9.67. The van der Waals surface area contributed by atoms with Crippen LogP contribution in [0.3, 0.4) is 0 Å². The Balaban J connectivity index is 0.00000243. The highest BCUT2D eigenvalue weighted by Crippen LogP contribution is 2.47. The zero-order valence-corrected chi connectivity index (χ0v) is 18.6. The molecule has 2 aliphatic carbocycles. The van der Waals surface area contributed by atoms with Gasteiger partial charge in [-0.2, -0.15) is 0 Å². The average molecular weight is 471 g/mol. The number of hydrogen-bond donors (Lipinski definition) is 2. The summed E-state index contributed by atoms with van der Waals surface area (Å²) >= 11 is 0. The Kier molecular flexibility index (Phi) is 8.20. The first-order chi connectivity index (χ1) is 12.2. The fraction of sp³-hybridized carbons (Fsp3) is 0.667. The number of nitrogens with one attached hydrogen (secondary N) is 2. The third-order valence-electron chi connectivity index (χ3n) is 6.12. The summed E-state index contributed by atoms with van der Waals surface area (Å²) in [6.45, 7) is 2.86. The Bertz CT molecular complexity index is 568. The summed E-state index contributed by atoms with van der Waals surface area (Å²) in [6, 6.07) is 10.8. The minimum Gasteiger partial charge on any atom is -0.385 e. The van der Waals surface area contributed by atoms with Crippen molar-refractivity contribution in [2.75, 3.05) is 33.9 Å². The van der Waals surface area contributed by atoms with E-state index in [1.54, 1.807) is 7.11 Å². The molecule has 0 bridgehead atoms. The van der Waals surface area contributed by atoms with Crippen molar-refractivity contribution in [2.45, 2.75) is 44.9 Å². The minimum absolute atomic E-state index is 0. The van der Waals surface area contributed by atoms with Crippen molar-refractivity contribution in [3.63, 3.8) is 0 Å². The molecule has 146 valence electrons. The zero-order chi connectivity index (χ0) is 17.6. The van der Waals surface area contributed by atoms with E-state index in [-0.39, 0.29) is 24.0 Å². The predicted molar refractivity (Wildman–Crippen MR) is 119 cm³/mol. The van der Waals surface area contributed by atoms with Gasteiger partial charge in [0, 0.05) is 33.9 Å². The van der Waals surface area contributed by atoms with Gasteiger partial charge in [0.2, 0.25) is 0 Å². The van der Waals surface area contributed by atoms with E-state index < -0.39 is 0 Å². The standard InChI is InChI=1S/C21H33N3O.HI/c1-22-19(23-16-20(9-6-10-20)13-14-25-2)24-17-21(11-12-21)15-18-7-4-3-5-8-18;/h3-5,7-8H,6,9-17H2,1-2H3,(H2,22,23,24);1H. The topological polar surface area (TPSA) is 45.7 Å². The lowest BCUT2D eigenvalue weighted by Gasteiger charge is -2.42. The largest absolute Gasteiger partial charge is 0.385 e. The van der Waals surface area contributed by atoms with Gasteiger partial charge in [-0.15, -0.1) is 24.0 Å². The normalized spacial score (nSPS) is 19.8. The van der Waals surface area contributed by atoms with Gasteiger partial charge in [0.05, 0.1) is 0 Å². The second kappa shape index (κ2) is 9.93. The third kappa shape index (κ3) is 5.84. The molecule has 2 fully saturated rings. The molecule has 0 atom stereocenters. The maximum atomic E-state index is 5.29. The summed E-state index contributed by atoms with van der Waals surface area (Å²) < 4.78 is 5.29. The second-order valence-corrected chi connectivity index (χ2v) is 8.04. The number of aliphatic imine (C=N–C) groups is 1. The first-order valence-corrected chi connectivity index (χ1v) is 9.67. The highest BCUT2D eigenvalue weighted by Gasteiger charge is 2.42. The van der Waals surface area contributed by atoms with Gasteiger partial charge in [0.15, 0.2) is 5.96 Å². The summed E-state index contributed by atoms with van der Waals surface area (Å²) in [5.74, 6) is 0.947. The highest BCUT2D eigenvalue weighted by molar-refractivity contribution is 14.0. The van der Waals surface area contributed by atoms with Crippen LogP contribution >= 0.6 is 24.0 Å². The molecule has 1 aromatic carbocycles. The number of nitrogens with zero attached hydrogens (tertiary/aromatic N) is 1. The quantitative estimate of drug-likeness (QED) is 0.325. The third-order valence-corrected chi connectivity index (χ3v) is 6.12. The van der Waals surface area contributed by atoms with Crippen molar-refractivity contribution >= 4 is 29.9 Å². The molecule has 0 heterocycles. The molecule has 5 heteroatoms. The number of guanidine groups is 1. The fourth-order valence-electron chi connectivity index (χ4n) is 3.90. The molecule has 0 saturated heterocycles. The number of benzene rings is 1. The Hall–Kier alpha value is -0.820. The Morgan fingerprint density at radius 3 is 2.19 bits per heavy atom. The van der Waals surface area contributed by atoms with Gasteiger partial charge in [0.1, 0.15) is 0 Å². The van der Waals surface area contributed by atoms with Gasteiger partial charge in [-0.05, 0) is 54.9 Å². The monoisotopic (exact) mass is 471 g/mol. The Morgan fingerprint density at radius 1 is 1.04 bits per heavy atom. The molecule has 26 heavy (non-hydrogen) atoms. The van der Waals surface area contributed by atoms with E-state index in [0.717, 1.165) is 38.5 Å². The Morgan fingerprint density at radius 2 is 1.69 bits per heavy atom. The molecule has 2 N–H and O–H groups in total. The smallest absolute Gasteiger partial charge is 0.191 e. The fourth-order valence-corrected chi connectivity index (χ4v) is 3.90. The summed E-state index contributed by atoms with van der Waals surface area (Å²) in [5.41, 5.74) is 2.27. The number of methoxy groups -OCH3 is 1. The molecule has 0 unspecified atom stereocenters. The molecule has 2 saturated carbocycles. The first-order valence-electron chi connectivity index (χ1n) is 9.67. The van der Waals surface area contributed by atoms with Crippen LogP contribution in [0.25, 0.3) is 0 Å². The molecule has 1 aromatic rings. The highest BCUT2D eigenvalue weighted by atomic mass is 127. The van der Waals surface area contributed by atoms with Crippen LogP contribution in [0.5, 0.6) is 0 Å². The second-order valence-electron chi connectivity index (χ2n) is 8.04. The zero-order valence-electron chi connectivity index (χ0n) is 16.2. The molecule has 0 aromatic heterocycles. The van der Waals surface area contributed by atoms with Crippen LogP contribution in [0, 0.1) is 10.8 Å². The number of rotatable bonds is 9. The van der Waals surface area contributed by atoms with Crippen LogP contribution in [-0.4, -0.2) is 39.8 Å². The number of ether oxygens (including phenoxy) is 1. The van der Waals surface area contributed by atoms with Gasteiger partial charge in [-0.25, -0.2) is 0 Å². The molecule has 3 rings (SSSR count). The van der Waals surface area contributed by atoms with E-state index in [0.29, 0.717) is 10.8 Å². The van der Waals surface area contributed by atoms with Crippen molar-refractivity contribution in [2.24, 2.45) is 15.8 Å². The first kappa shape index (κ1) is 21.5. The molecule has 0 spiro atoms. The van der Waals surface area contributed by atoms with Crippen LogP contribution in [-0.2, 0) is 11.2 Å². The van der Waals surface area contributed by atoms with Crippen molar-refractivity contribution < 1.29 is 4.74 Å². The van der Waals surface area contributed by atoms with Crippen molar-refractivity contribution in [3.8, 4) is 0 Å². The number of halogens is 1. The predicted octanol–water partition coefficient (Wildman–Crippen LogP) is 4.00. The maximum Gasteiger partial charge on any atom is 0.191 e. The van der Waals surface area contributed by atoms with Crippen LogP contribution in [0.2, 0.25) is 0 Å². The van der Waals surface area contributed by atoms with Gasteiger partial charge in [-0.1, -0.05) is 36.8 Å². The van der Waals surface area contributed by atoms with Crippen LogP contribution in [0.15, 0.2) is 35.3 Å². The van der Waals surface area contributed by atoms with Crippen LogP contribution < -0.4 is 10.6 Å². The molecule has 0 amide bonds. The average Bonchev–Trinajstić information content (AvgIpc) is 3.36. The summed E-state index contributed by atoms with van der Waals surface area (Å²) in [6.07, 6.45) is 8.88.